The molecule has 7 nitrogen and oxygen atoms in total. The van der Waals surface area contributed by atoms with E-state index >= 15 is 0 Å². The highest BCUT2D eigenvalue weighted by Gasteiger charge is 2.15. The highest BCUT2D eigenvalue weighted by molar-refractivity contribution is 5.73. The van der Waals surface area contributed by atoms with Crippen LogP contribution in [0.4, 0.5) is 4.79 Å². The Bertz CT molecular complexity index is 537. The molecule has 0 fully saturated rings. The maximum atomic E-state index is 11.4. The van der Waals surface area contributed by atoms with Gasteiger partial charge in [-0.05, 0) is 51.3 Å². The predicted molar refractivity (Wildman–Crippen MR) is 90.1 cm³/mol. The number of nitrogens with two attached hydrogens (primary N) is 1. The van der Waals surface area contributed by atoms with Gasteiger partial charge in [0.05, 0.1) is 6.61 Å². The summed E-state index contributed by atoms with van der Waals surface area (Å²) in [6, 6.07) is 6.21. The molecule has 1 aromatic rings. The summed E-state index contributed by atoms with van der Waals surface area (Å²) in [6.45, 7) is 6.33. The van der Waals surface area contributed by atoms with E-state index in [1.54, 1.807) is 24.3 Å². The van der Waals surface area contributed by atoms with Gasteiger partial charge in [-0.2, -0.15) is 0 Å². The lowest BCUT2D eigenvalue weighted by atomic mass is 10.1. The largest absolute Gasteiger partial charge is 0.494 e. The third-order valence-corrected chi connectivity index (χ3v) is 2.95. The topological polar surface area (TPSA) is 111 Å². The van der Waals surface area contributed by atoms with Crippen molar-refractivity contribution >= 4 is 12.1 Å². The summed E-state index contributed by atoms with van der Waals surface area (Å²) in [5.74, 6) is -0.340. The quantitative estimate of drug-likeness (QED) is 0.625. The third kappa shape index (κ3) is 8.38. The molecule has 0 saturated heterocycles. The van der Waals surface area contributed by atoms with Gasteiger partial charge in [0, 0.05) is 6.54 Å². The summed E-state index contributed by atoms with van der Waals surface area (Å²) >= 11 is 0. The minimum Gasteiger partial charge on any atom is -0.494 e. The Morgan fingerprint density at radius 1 is 1.25 bits per heavy atom. The van der Waals surface area contributed by atoms with E-state index in [0.29, 0.717) is 25.3 Å². The van der Waals surface area contributed by atoms with Crippen LogP contribution in [-0.2, 0) is 16.0 Å². The fourth-order valence-electron chi connectivity index (χ4n) is 1.83. The van der Waals surface area contributed by atoms with Gasteiger partial charge in [0.2, 0.25) is 0 Å². The lowest BCUT2D eigenvalue weighted by Gasteiger charge is -2.19. The van der Waals surface area contributed by atoms with E-state index in [4.69, 9.17) is 20.3 Å². The number of benzene rings is 1. The van der Waals surface area contributed by atoms with Crippen LogP contribution in [0.2, 0.25) is 0 Å². The molecule has 0 heterocycles. The normalized spacial score (nSPS) is 12.3. The first-order valence-electron chi connectivity index (χ1n) is 7.84. The molecule has 0 unspecified atom stereocenters. The standard InChI is InChI=1S/C17H26N2O5/c1-17(2,3)24-16(22)19-9-4-10-23-13-7-5-12(6-8-13)11-14(18)15(20)21/h5-8,14H,4,9-11,18H2,1-3H3,(H,19,22)(H,20,21)/t14-/m1/s1. The predicted octanol–water partition coefficient (Wildman–Crippen LogP) is 1.93. The maximum absolute atomic E-state index is 11.4. The van der Waals surface area contributed by atoms with Crippen molar-refractivity contribution in [3.8, 4) is 5.75 Å². The summed E-state index contributed by atoms with van der Waals surface area (Å²) in [6.07, 6.45) is 0.474. The Morgan fingerprint density at radius 2 is 1.88 bits per heavy atom. The monoisotopic (exact) mass is 338 g/mol. The van der Waals surface area contributed by atoms with Gasteiger partial charge < -0.3 is 25.6 Å². The molecule has 24 heavy (non-hydrogen) atoms. The molecule has 1 aromatic carbocycles. The number of nitrogens with one attached hydrogen (secondary N) is 1. The highest BCUT2D eigenvalue weighted by atomic mass is 16.6. The number of alkyl carbamates (subject to hydrolysis) is 1. The van der Waals surface area contributed by atoms with Crippen molar-refractivity contribution in [3.63, 3.8) is 0 Å². The van der Waals surface area contributed by atoms with Crippen LogP contribution < -0.4 is 15.8 Å². The molecule has 134 valence electrons. The molecule has 7 heteroatoms. The first-order valence-corrected chi connectivity index (χ1v) is 7.84. The van der Waals surface area contributed by atoms with Crippen LogP contribution in [-0.4, -0.2) is 42.0 Å². The van der Waals surface area contributed by atoms with Crippen LogP contribution in [0, 0.1) is 0 Å². The first kappa shape index (κ1) is 19.8. The summed E-state index contributed by atoms with van der Waals surface area (Å²) < 4.78 is 10.7. The zero-order chi connectivity index (χ0) is 18.2. The van der Waals surface area contributed by atoms with Crippen molar-refractivity contribution in [2.45, 2.75) is 45.3 Å². The van der Waals surface area contributed by atoms with Crippen LogP contribution in [0.3, 0.4) is 0 Å². The Balaban J connectivity index is 2.24. The van der Waals surface area contributed by atoms with Gasteiger partial charge in [0.25, 0.3) is 0 Å². The summed E-state index contributed by atoms with van der Waals surface area (Å²) in [5, 5.41) is 11.4. The number of ether oxygens (including phenoxy) is 2. The minimum absolute atomic E-state index is 0.273. The number of carbonyl (C=O) groups excluding carboxylic acids is 1. The van der Waals surface area contributed by atoms with Crippen molar-refractivity contribution in [3.05, 3.63) is 29.8 Å². The van der Waals surface area contributed by atoms with Gasteiger partial charge in [-0.3, -0.25) is 4.79 Å². The first-order chi connectivity index (χ1) is 11.2. The van der Waals surface area contributed by atoms with Gasteiger partial charge in [-0.1, -0.05) is 12.1 Å². The number of rotatable bonds is 8. The Kier molecular flexibility index (Phi) is 7.51. The molecular formula is C17H26N2O5. The van der Waals surface area contributed by atoms with Crippen molar-refractivity contribution < 1.29 is 24.2 Å². The minimum atomic E-state index is -1.02. The van der Waals surface area contributed by atoms with Crippen LogP contribution in [0.5, 0.6) is 5.75 Å². The van der Waals surface area contributed by atoms with Crippen LogP contribution in [0.15, 0.2) is 24.3 Å². The van der Waals surface area contributed by atoms with Gasteiger partial charge in [-0.25, -0.2) is 4.79 Å². The second-order valence-corrected chi connectivity index (χ2v) is 6.42. The fraction of sp³-hybridized carbons (Fsp3) is 0.529. The van der Waals surface area contributed by atoms with E-state index in [2.05, 4.69) is 5.32 Å². The number of hydrogen-bond donors (Lipinski definition) is 3. The summed E-state index contributed by atoms with van der Waals surface area (Å²) in [5.41, 5.74) is 5.82. The second kappa shape index (κ2) is 9.12. The number of amides is 1. The maximum Gasteiger partial charge on any atom is 0.407 e. The van der Waals surface area contributed by atoms with Crippen LogP contribution >= 0.6 is 0 Å². The van der Waals surface area contributed by atoms with Gasteiger partial charge in [0.15, 0.2) is 0 Å². The number of aliphatic carboxylic acids is 1. The molecule has 0 aromatic heterocycles. The molecule has 0 aliphatic rings. The molecule has 0 bridgehead atoms. The SMILES string of the molecule is CC(C)(C)OC(=O)NCCCOc1ccc(C[C@@H](N)C(=O)O)cc1. The second-order valence-electron chi connectivity index (χ2n) is 6.42. The number of carboxylic acid groups (broad SMARTS) is 1. The number of hydrogen-bond acceptors (Lipinski definition) is 5. The zero-order valence-corrected chi connectivity index (χ0v) is 14.4. The van der Waals surface area contributed by atoms with Crippen LogP contribution in [0.25, 0.3) is 0 Å². The van der Waals surface area contributed by atoms with Crippen molar-refractivity contribution in [1.29, 1.82) is 0 Å². The molecule has 4 N–H and O–H groups in total. The molecule has 0 spiro atoms. The zero-order valence-electron chi connectivity index (χ0n) is 14.4. The Labute approximate surface area is 142 Å². The molecule has 1 amide bonds. The summed E-state index contributed by atoms with van der Waals surface area (Å²) in [7, 11) is 0. The van der Waals surface area contributed by atoms with Crippen molar-refractivity contribution in [2.24, 2.45) is 5.73 Å². The van der Waals surface area contributed by atoms with E-state index in [1.807, 2.05) is 20.8 Å². The molecule has 0 saturated carbocycles. The molecule has 0 radical (unpaired) electrons. The van der Waals surface area contributed by atoms with E-state index < -0.39 is 23.7 Å². The van der Waals surface area contributed by atoms with E-state index in [1.165, 1.54) is 0 Å². The molecule has 0 aliphatic carbocycles. The average Bonchev–Trinajstić information content (AvgIpc) is 2.46. The third-order valence-electron chi connectivity index (χ3n) is 2.95. The Morgan fingerprint density at radius 3 is 2.42 bits per heavy atom. The molecule has 0 aliphatic heterocycles. The van der Waals surface area contributed by atoms with Crippen molar-refractivity contribution in [1.82, 2.24) is 5.32 Å². The van der Waals surface area contributed by atoms with E-state index in [-0.39, 0.29) is 6.42 Å². The lowest BCUT2D eigenvalue weighted by Crippen LogP contribution is -2.33. The van der Waals surface area contributed by atoms with Gasteiger partial charge >= 0.3 is 12.1 Å². The van der Waals surface area contributed by atoms with E-state index in [0.717, 1.165) is 5.56 Å². The Hall–Kier alpha value is -2.28. The van der Waals surface area contributed by atoms with Crippen molar-refractivity contribution in [2.75, 3.05) is 13.2 Å². The number of carboxylic acids is 1. The molecule has 1 atom stereocenters. The lowest BCUT2D eigenvalue weighted by molar-refractivity contribution is -0.138. The molecule has 1 rings (SSSR count). The smallest absolute Gasteiger partial charge is 0.407 e. The van der Waals surface area contributed by atoms with E-state index in [9.17, 15) is 9.59 Å². The van der Waals surface area contributed by atoms with Crippen LogP contribution in [0.1, 0.15) is 32.8 Å². The fourth-order valence-corrected chi connectivity index (χ4v) is 1.83. The molecular weight excluding hydrogens is 312 g/mol. The average molecular weight is 338 g/mol. The summed E-state index contributed by atoms with van der Waals surface area (Å²) in [4.78, 5) is 22.1. The highest BCUT2D eigenvalue weighted by Crippen LogP contribution is 2.13. The number of carbonyl (C=O) groups is 2. The van der Waals surface area contributed by atoms with Gasteiger partial charge in [-0.15, -0.1) is 0 Å². The van der Waals surface area contributed by atoms with Gasteiger partial charge in [0.1, 0.15) is 17.4 Å².